The molecule has 6 nitrogen and oxygen atoms in total. The van der Waals surface area contributed by atoms with Gasteiger partial charge in [-0.3, -0.25) is 14.4 Å². The SMILES string of the molecule is COC(=O)CN(CC(=O)OC)C(=O)c1ccc(F)cc1Br. The second-order valence-corrected chi connectivity index (χ2v) is 4.79. The van der Waals surface area contributed by atoms with Crippen LogP contribution in [0.3, 0.4) is 0 Å². The molecular weight excluding hydrogens is 349 g/mol. The molecule has 0 radical (unpaired) electrons. The van der Waals surface area contributed by atoms with E-state index in [1.807, 2.05) is 0 Å². The first kappa shape index (κ1) is 17.1. The van der Waals surface area contributed by atoms with Crippen molar-refractivity contribution in [2.75, 3.05) is 27.3 Å². The van der Waals surface area contributed by atoms with Crippen LogP contribution in [0.1, 0.15) is 10.4 Å². The lowest BCUT2D eigenvalue weighted by molar-refractivity contribution is -0.144. The molecule has 0 fully saturated rings. The molecule has 1 aromatic carbocycles. The maximum absolute atomic E-state index is 13.0. The van der Waals surface area contributed by atoms with Crippen LogP contribution in [0.5, 0.6) is 0 Å². The van der Waals surface area contributed by atoms with E-state index in [2.05, 4.69) is 25.4 Å². The summed E-state index contributed by atoms with van der Waals surface area (Å²) in [7, 11) is 2.33. The van der Waals surface area contributed by atoms with Gasteiger partial charge in [-0.05, 0) is 34.1 Å². The Labute approximate surface area is 128 Å². The smallest absolute Gasteiger partial charge is 0.325 e. The van der Waals surface area contributed by atoms with Crippen LogP contribution < -0.4 is 0 Å². The third kappa shape index (κ3) is 4.82. The van der Waals surface area contributed by atoms with Crippen molar-refractivity contribution in [1.82, 2.24) is 4.90 Å². The van der Waals surface area contributed by atoms with Crippen molar-refractivity contribution in [1.29, 1.82) is 0 Å². The van der Waals surface area contributed by atoms with Crippen molar-refractivity contribution >= 4 is 33.8 Å². The molecule has 0 bridgehead atoms. The van der Waals surface area contributed by atoms with E-state index in [0.717, 1.165) is 31.3 Å². The molecule has 114 valence electrons. The number of benzene rings is 1. The van der Waals surface area contributed by atoms with Gasteiger partial charge in [-0.2, -0.15) is 0 Å². The number of hydrogen-bond acceptors (Lipinski definition) is 5. The minimum Gasteiger partial charge on any atom is -0.468 e. The van der Waals surface area contributed by atoms with Gasteiger partial charge in [0, 0.05) is 4.47 Å². The zero-order chi connectivity index (χ0) is 16.0. The first-order chi connectivity index (χ1) is 9.88. The van der Waals surface area contributed by atoms with Crippen molar-refractivity contribution in [3.63, 3.8) is 0 Å². The monoisotopic (exact) mass is 361 g/mol. The van der Waals surface area contributed by atoms with Gasteiger partial charge in [0.15, 0.2) is 0 Å². The fourth-order valence-electron chi connectivity index (χ4n) is 1.47. The number of amides is 1. The van der Waals surface area contributed by atoms with Gasteiger partial charge in [-0.1, -0.05) is 0 Å². The molecule has 0 spiro atoms. The van der Waals surface area contributed by atoms with E-state index in [0.29, 0.717) is 0 Å². The molecule has 0 atom stereocenters. The predicted molar refractivity (Wildman–Crippen MR) is 74.0 cm³/mol. The molecular formula is C13H13BrFNO5. The molecule has 1 amide bonds. The number of methoxy groups -OCH3 is 2. The van der Waals surface area contributed by atoms with Gasteiger partial charge in [0.05, 0.1) is 19.8 Å². The van der Waals surface area contributed by atoms with E-state index in [9.17, 15) is 18.8 Å². The lowest BCUT2D eigenvalue weighted by Crippen LogP contribution is -2.40. The highest BCUT2D eigenvalue weighted by molar-refractivity contribution is 9.10. The summed E-state index contributed by atoms with van der Waals surface area (Å²) in [6, 6.07) is 3.47. The summed E-state index contributed by atoms with van der Waals surface area (Å²) in [6.45, 7) is -0.845. The molecule has 0 aliphatic rings. The highest BCUT2D eigenvalue weighted by Crippen LogP contribution is 2.19. The quantitative estimate of drug-likeness (QED) is 0.740. The van der Waals surface area contributed by atoms with Gasteiger partial charge in [0.25, 0.3) is 5.91 Å². The molecule has 0 heterocycles. The standard InChI is InChI=1S/C13H13BrFNO5/c1-20-11(17)6-16(7-12(18)21-2)13(19)9-4-3-8(15)5-10(9)14/h3-5H,6-7H2,1-2H3. The molecule has 8 heteroatoms. The van der Waals surface area contributed by atoms with Crippen LogP contribution in [0, 0.1) is 5.82 Å². The molecule has 0 N–H and O–H groups in total. The van der Waals surface area contributed by atoms with E-state index in [1.165, 1.54) is 6.07 Å². The summed E-state index contributed by atoms with van der Waals surface area (Å²) in [4.78, 5) is 35.9. The highest BCUT2D eigenvalue weighted by atomic mass is 79.9. The summed E-state index contributed by atoms with van der Waals surface area (Å²) >= 11 is 3.06. The number of halogens is 2. The van der Waals surface area contributed by atoms with E-state index < -0.39 is 36.8 Å². The Hall–Kier alpha value is -1.96. The Bertz CT molecular complexity index is 545. The number of esters is 2. The van der Waals surface area contributed by atoms with Crippen LogP contribution >= 0.6 is 15.9 Å². The van der Waals surface area contributed by atoms with E-state index >= 15 is 0 Å². The van der Waals surface area contributed by atoms with Crippen LogP contribution in [0.2, 0.25) is 0 Å². The summed E-state index contributed by atoms with van der Waals surface area (Å²) in [5.74, 6) is -2.53. The maximum Gasteiger partial charge on any atom is 0.325 e. The minimum atomic E-state index is -0.689. The Balaban J connectivity index is 3.02. The zero-order valence-corrected chi connectivity index (χ0v) is 13.0. The molecule has 1 rings (SSSR count). The van der Waals surface area contributed by atoms with Crippen molar-refractivity contribution in [3.05, 3.63) is 34.1 Å². The van der Waals surface area contributed by atoms with Crippen LogP contribution in [0.4, 0.5) is 4.39 Å². The highest BCUT2D eigenvalue weighted by Gasteiger charge is 2.24. The fraction of sp³-hybridized carbons (Fsp3) is 0.308. The topological polar surface area (TPSA) is 72.9 Å². The van der Waals surface area contributed by atoms with Crippen LogP contribution in [-0.2, 0) is 19.1 Å². The van der Waals surface area contributed by atoms with Crippen LogP contribution in [-0.4, -0.2) is 50.1 Å². The summed E-state index contributed by atoms with van der Waals surface area (Å²) < 4.78 is 22.2. The fourth-order valence-corrected chi connectivity index (χ4v) is 1.99. The van der Waals surface area contributed by atoms with Gasteiger partial charge in [0.2, 0.25) is 0 Å². The van der Waals surface area contributed by atoms with Crippen molar-refractivity contribution in [3.8, 4) is 0 Å². The van der Waals surface area contributed by atoms with Crippen LogP contribution in [0.25, 0.3) is 0 Å². The van der Waals surface area contributed by atoms with E-state index in [1.54, 1.807) is 0 Å². The number of nitrogens with zero attached hydrogens (tertiary/aromatic N) is 1. The Morgan fingerprint density at radius 3 is 2.10 bits per heavy atom. The molecule has 21 heavy (non-hydrogen) atoms. The van der Waals surface area contributed by atoms with Crippen molar-refractivity contribution < 1.29 is 28.2 Å². The van der Waals surface area contributed by atoms with E-state index in [-0.39, 0.29) is 10.0 Å². The Morgan fingerprint density at radius 2 is 1.67 bits per heavy atom. The minimum absolute atomic E-state index is 0.115. The third-order valence-corrected chi connectivity index (χ3v) is 3.20. The first-order valence-corrected chi connectivity index (χ1v) is 6.56. The van der Waals surface area contributed by atoms with Gasteiger partial charge >= 0.3 is 11.9 Å². The number of rotatable bonds is 5. The molecule has 1 aromatic rings. The third-order valence-electron chi connectivity index (χ3n) is 2.54. The number of carbonyl (C=O) groups excluding carboxylic acids is 3. The predicted octanol–water partition coefficient (Wildman–Crippen LogP) is 1.38. The number of carbonyl (C=O) groups is 3. The largest absolute Gasteiger partial charge is 0.468 e. The van der Waals surface area contributed by atoms with E-state index in [4.69, 9.17) is 0 Å². The van der Waals surface area contributed by atoms with Gasteiger partial charge in [-0.25, -0.2) is 4.39 Å². The van der Waals surface area contributed by atoms with Gasteiger partial charge < -0.3 is 14.4 Å². The summed E-state index contributed by atoms with van der Waals surface area (Å²) in [5, 5.41) is 0. The molecule has 0 saturated carbocycles. The number of hydrogen-bond donors (Lipinski definition) is 0. The normalized spacial score (nSPS) is 9.90. The average Bonchev–Trinajstić information content (AvgIpc) is 2.45. The Kier molecular flexibility index (Phi) is 6.29. The first-order valence-electron chi connectivity index (χ1n) is 5.77. The second-order valence-electron chi connectivity index (χ2n) is 3.94. The molecule has 0 saturated heterocycles. The molecule has 0 aliphatic heterocycles. The van der Waals surface area contributed by atoms with Crippen molar-refractivity contribution in [2.45, 2.75) is 0 Å². The van der Waals surface area contributed by atoms with Crippen LogP contribution in [0.15, 0.2) is 22.7 Å². The Morgan fingerprint density at radius 1 is 1.14 bits per heavy atom. The van der Waals surface area contributed by atoms with Gasteiger partial charge in [-0.15, -0.1) is 0 Å². The van der Waals surface area contributed by atoms with Gasteiger partial charge in [0.1, 0.15) is 18.9 Å². The average molecular weight is 362 g/mol. The molecule has 0 unspecified atom stereocenters. The lowest BCUT2D eigenvalue weighted by atomic mass is 10.2. The number of ether oxygens (including phenoxy) is 2. The molecule has 0 aliphatic carbocycles. The summed E-state index contributed by atoms with van der Waals surface area (Å²) in [5.41, 5.74) is 0.115. The molecule has 0 aromatic heterocycles. The van der Waals surface area contributed by atoms with Crippen molar-refractivity contribution in [2.24, 2.45) is 0 Å². The second kappa shape index (κ2) is 7.72. The maximum atomic E-state index is 13.0. The zero-order valence-electron chi connectivity index (χ0n) is 11.4. The lowest BCUT2D eigenvalue weighted by Gasteiger charge is -2.20. The summed E-state index contributed by atoms with van der Waals surface area (Å²) in [6.07, 6.45) is 0.